The van der Waals surface area contributed by atoms with Crippen LogP contribution in [0.15, 0.2) is 34.2 Å². The molecule has 0 unspecified atom stereocenters. The molecule has 2 N–H and O–H groups in total. The monoisotopic (exact) mass is 269 g/mol. The van der Waals surface area contributed by atoms with Crippen molar-refractivity contribution in [3.63, 3.8) is 0 Å². The van der Waals surface area contributed by atoms with E-state index >= 15 is 0 Å². The molecule has 7 nitrogen and oxygen atoms in total. The molecule has 1 aromatic rings. The van der Waals surface area contributed by atoms with Crippen LogP contribution in [0.5, 0.6) is 0 Å². The number of sulfonamides is 1. The van der Waals surface area contributed by atoms with E-state index in [0.717, 1.165) is 0 Å². The van der Waals surface area contributed by atoms with Gasteiger partial charge in [0.15, 0.2) is 0 Å². The fraction of sp³-hybridized carbons (Fsp3) is 0.200. The van der Waals surface area contributed by atoms with Gasteiger partial charge in [-0.15, -0.1) is 0 Å². The Morgan fingerprint density at radius 2 is 2.17 bits per heavy atom. The first kappa shape index (κ1) is 12.5. The predicted molar refractivity (Wildman–Crippen MR) is 63.3 cm³/mol. The molecule has 1 aliphatic heterocycles. The minimum atomic E-state index is -3.56. The van der Waals surface area contributed by atoms with Crippen LogP contribution in [0.4, 0.5) is 0 Å². The lowest BCUT2D eigenvalue weighted by molar-refractivity contribution is -0.129. The van der Waals surface area contributed by atoms with Crippen LogP contribution in [0.1, 0.15) is 5.56 Å². The summed E-state index contributed by atoms with van der Waals surface area (Å²) in [4.78, 5) is 19.7. The molecule has 0 saturated carbocycles. The van der Waals surface area contributed by atoms with Gasteiger partial charge < -0.3 is 0 Å². The summed E-state index contributed by atoms with van der Waals surface area (Å²) in [5.41, 5.74) is 2.55. The highest BCUT2D eigenvalue weighted by molar-refractivity contribution is 7.90. The van der Waals surface area contributed by atoms with E-state index in [-0.39, 0.29) is 17.3 Å². The second-order valence-corrected chi connectivity index (χ2v) is 5.15. The Morgan fingerprint density at radius 1 is 1.44 bits per heavy atom. The Morgan fingerprint density at radius 3 is 2.89 bits per heavy atom. The summed E-state index contributed by atoms with van der Waals surface area (Å²) < 4.78 is 25.7. The van der Waals surface area contributed by atoms with Gasteiger partial charge in [-0.1, -0.05) is 12.1 Å². The van der Waals surface area contributed by atoms with E-state index in [1.54, 1.807) is 18.2 Å². The number of benzene rings is 1. The molecule has 1 aliphatic rings. The summed E-state index contributed by atoms with van der Waals surface area (Å²) in [6.45, 7) is -0.222. The van der Waals surface area contributed by atoms with Crippen LogP contribution in [-0.2, 0) is 19.7 Å². The topological polar surface area (TPSA) is 96.9 Å². The summed E-state index contributed by atoms with van der Waals surface area (Å²) in [5, 5.41) is 0. The lowest BCUT2D eigenvalue weighted by Gasteiger charge is -2.00. The van der Waals surface area contributed by atoms with Gasteiger partial charge >= 0.3 is 0 Å². The Bertz CT molecular complexity index is 609. The van der Waals surface area contributed by atoms with Gasteiger partial charge in [0.25, 0.3) is 15.9 Å². The average Bonchev–Trinajstić information content (AvgIpc) is 2.60. The molecule has 96 valence electrons. The van der Waals surface area contributed by atoms with E-state index in [1.807, 2.05) is 0 Å². The molecule has 1 heterocycles. The summed E-state index contributed by atoms with van der Waals surface area (Å²) in [7, 11) is -2.25. The largest absolute Gasteiger partial charge is 0.277 e. The van der Waals surface area contributed by atoms with E-state index in [2.05, 4.69) is 20.0 Å². The maximum absolute atomic E-state index is 11.7. The zero-order valence-corrected chi connectivity index (χ0v) is 10.3. The van der Waals surface area contributed by atoms with Gasteiger partial charge in [-0.25, -0.2) is 13.9 Å². The van der Waals surface area contributed by atoms with Crippen LogP contribution >= 0.6 is 0 Å². The number of hydroxylamine groups is 1. The average molecular weight is 269 g/mol. The number of rotatable bonds is 3. The normalized spacial score (nSPS) is 18.2. The second-order valence-electron chi connectivity index (χ2n) is 3.50. The highest BCUT2D eigenvalue weighted by Gasteiger charge is 2.30. The van der Waals surface area contributed by atoms with Crippen molar-refractivity contribution in [1.82, 2.24) is 10.2 Å². The van der Waals surface area contributed by atoms with Gasteiger partial charge in [-0.05, 0) is 12.1 Å². The molecule has 0 aromatic heterocycles. The van der Waals surface area contributed by atoms with E-state index in [4.69, 9.17) is 0 Å². The standard InChI is InChI=1S/C10H11N3O4S/c1-17-12-9(14)6-11-10-7-4-2-3-5-8(7)18(15,16)13-10/h2-5H,6H2,1H3,(H,11,13)(H,12,14). The molecule has 0 bridgehead atoms. The molecular weight excluding hydrogens is 258 g/mol. The molecule has 0 aliphatic carbocycles. The molecule has 1 aromatic carbocycles. The zero-order valence-electron chi connectivity index (χ0n) is 9.50. The van der Waals surface area contributed by atoms with Gasteiger partial charge in [-0.3, -0.25) is 19.3 Å². The van der Waals surface area contributed by atoms with Gasteiger partial charge in [0.05, 0.1) is 12.0 Å². The zero-order chi connectivity index (χ0) is 13.2. The number of hydrogen-bond donors (Lipinski definition) is 2. The van der Waals surface area contributed by atoms with Crippen LogP contribution in [0.3, 0.4) is 0 Å². The highest BCUT2D eigenvalue weighted by Crippen LogP contribution is 2.21. The lowest BCUT2D eigenvalue weighted by Crippen LogP contribution is -2.27. The fourth-order valence-corrected chi connectivity index (χ4v) is 2.80. The molecule has 0 spiro atoms. The smallest absolute Gasteiger partial charge is 0.265 e. The van der Waals surface area contributed by atoms with Gasteiger partial charge in [0.2, 0.25) is 0 Å². The number of aliphatic imine (C=N–C) groups is 1. The number of carbonyl (C=O) groups is 1. The van der Waals surface area contributed by atoms with Gasteiger partial charge in [-0.2, -0.15) is 0 Å². The van der Waals surface area contributed by atoms with E-state index in [0.29, 0.717) is 5.56 Å². The summed E-state index contributed by atoms with van der Waals surface area (Å²) in [6.07, 6.45) is 0. The molecule has 0 atom stereocenters. The number of nitrogens with zero attached hydrogens (tertiary/aromatic N) is 1. The van der Waals surface area contributed by atoms with Crippen LogP contribution in [0.2, 0.25) is 0 Å². The Labute approximate surface area is 104 Å². The minimum Gasteiger partial charge on any atom is -0.277 e. The van der Waals surface area contributed by atoms with Crippen LogP contribution in [-0.4, -0.2) is 33.8 Å². The van der Waals surface area contributed by atoms with Crippen molar-refractivity contribution in [1.29, 1.82) is 0 Å². The molecule has 1 amide bonds. The number of amidine groups is 1. The Hall–Kier alpha value is -1.93. The van der Waals surface area contributed by atoms with Crippen molar-refractivity contribution in [3.8, 4) is 0 Å². The molecule has 0 saturated heterocycles. The predicted octanol–water partition coefficient (Wildman–Crippen LogP) is -0.597. The van der Waals surface area contributed by atoms with Crippen molar-refractivity contribution < 1.29 is 18.0 Å². The minimum absolute atomic E-state index is 0.163. The van der Waals surface area contributed by atoms with Crippen LogP contribution < -0.4 is 10.2 Å². The van der Waals surface area contributed by atoms with Crippen molar-refractivity contribution in [3.05, 3.63) is 29.8 Å². The van der Waals surface area contributed by atoms with E-state index in [9.17, 15) is 13.2 Å². The number of amides is 1. The Balaban J connectivity index is 2.28. The molecule has 8 heteroatoms. The lowest BCUT2D eigenvalue weighted by atomic mass is 10.2. The summed E-state index contributed by atoms with van der Waals surface area (Å²) in [6, 6.07) is 6.43. The van der Waals surface area contributed by atoms with E-state index in [1.165, 1.54) is 13.2 Å². The van der Waals surface area contributed by atoms with Crippen molar-refractivity contribution in [2.75, 3.05) is 13.7 Å². The van der Waals surface area contributed by atoms with Crippen molar-refractivity contribution >= 4 is 21.8 Å². The van der Waals surface area contributed by atoms with Gasteiger partial charge in [0, 0.05) is 5.56 Å². The maximum Gasteiger partial charge on any atom is 0.265 e. The quantitative estimate of drug-likeness (QED) is 0.716. The Kier molecular flexibility index (Phi) is 3.30. The third kappa shape index (κ3) is 2.34. The van der Waals surface area contributed by atoms with Crippen LogP contribution in [0.25, 0.3) is 0 Å². The van der Waals surface area contributed by atoms with E-state index < -0.39 is 15.9 Å². The highest BCUT2D eigenvalue weighted by atomic mass is 32.2. The third-order valence-corrected chi connectivity index (χ3v) is 3.66. The number of hydrogen-bond acceptors (Lipinski definition) is 5. The first-order valence-corrected chi connectivity index (χ1v) is 6.51. The molecule has 0 radical (unpaired) electrons. The van der Waals surface area contributed by atoms with Crippen molar-refractivity contribution in [2.45, 2.75) is 4.90 Å². The fourth-order valence-electron chi connectivity index (χ4n) is 1.55. The maximum atomic E-state index is 11.7. The summed E-state index contributed by atoms with van der Waals surface area (Å²) >= 11 is 0. The second kappa shape index (κ2) is 4.75. The molecule has 2 rings (SSSR count). The number of carbonyl (C=O) groups excluding carboxylic acids is 1. The SMILES string of the molecule is CONC(=O)CN=C1NS(=O)(=O)c2ccccc21. The third-order valence-electron chi connectivity index (χ3n) is 2.26. The number of nitrogens with one attached hydrogen (secondary N) is 2. The molecule has 0 fully saturated rings. The molecule has 18 heavy (non-hydrogen) atoms. The summed E-state index contributed by atoms with van der Waals surface area (Å²) in [5.74, 6) is -0.301. The van der Waals surface area contributed by atoms with Crippen molar-refractivity contribution in [2.24, 2.45) is 4.99 Å². The first-order valence-electron chi connectivity index (χ1n) is 5.03. The number of fused-ring (bicyclic) bond motifs is 1. The van der Waals surface area contributed by atoms with Crippen LogP contribution in [0, 0.1) is 0 Å². The first-order chi connectivity index (χ1) is 8.54. The molecular formula is C10H11N3O4S. The van der Waals surface area contributed by atoms with Gasteiger partial charge in [0.1, 0.15) is 12.4 Å².